The Hall–Kier alpha value is -3.34. The molecule has 0 saturated heterocycles. The van der Waals surface area contributed by atoms with E-state index in [0.717, 1.165) is 4.90 Å². The molecule has 14 nitrogen and oxygen atoms in total. The van der Waals surface area contributed by atoms with Gasteiger partial charge in [0.2, 0.25) is 17.7 Å². The summed E-state index contributed by atoms with van der Waals surface area (Å²) in [5.74, 6) is -6.16. The van der Waals surface area contributed by atoms with Gasteiger partial charge in [-0.25, -0.2) is 13.9 Å². The molecule has 4 N–H and O–H groups in total. The number of carbonyl (C=O) groups is 5. The largest absolute Gasteiger partial charge is 1.00 e. The van der Waals surface area contributed by atoms with Gasteiger partial charge >= 0.3 is 29.6 Å². The molecule has 0 spiro atoms. The molecule has 1 aliphatic rings. The number of nitrogens with zero attached hydrogens (tertiary/aromatic N) is 1. The fourth-order valence-electron chi connectivity index (χ4n) is 5.08. The van der Waals surface area contributed by atoms with Crippen molar-refractivity contribution in [1.82, 2.24) is 21.0 Å². The fraction of sp³-hybridized carbons (Fsp3) is 0.433. The maximum absolute atomic E-state index is 13.8. The van der Waals surface area contributed by atoms with Crippen LogP contribution in [-0.4, -0.2) is 84.6 Å². The van der Waals surface area contributed by atoms with E-state index in [1.807, 2.05) is 13.8 Å². The van der Waals surface area contributed by atoms with E-state index < -0.39 is 69.8 Å². The Balaban J connectivity index is 0.00000736. The standard InChI is InChI=1S/C30H38N4O10S.Na/c1-18(2)15-23(24(27(36)33-40)17-34-29(38)21-7-4-5-8-22(21)30(34)39)26(35)32-25(28(37)31-3)16-19-9-11-20(12-10-19)44-13-6-14-45(41,42)43;/h4-5,7-12,18,23-25,40H,6,13-17H2,1-3H3,(H,31,37)(H,32,35)(H,33,36)(H,41,42,43);/q;+1/p-1/t23-,24?,25-;/m1./s1. The van der Waals surface area contributed by atoms with Gasteiger partial charge in [0.05, 0.1) is 39.7 Å². The summed E-state index contributed by atoms with van der Waals surface area (Å²) in [4.78, 5) is 66.5. The van der Waals surface area contributed by atoms with Crippen LogP contribution in [0, 0.1) is 17.8 Å². The second-order valence-corrected chi connectivity index (χ2v) is 12.6. The number of rotatable bonds is 16. The fourth-order valence-corrected chi connectivity index (χ4v) is 5.56. The van der Waals surface area contributed by atoms with Gasteiger partial charge in [0, 0.05) is 25.8 Å². The minimum Gasteiger partial charge on any atom is -0.748 e. The number of carbonyl (C=O) groups excluding carboxylic acids is 5. The van der Waals surface area contributed by atoms with Gasteiger partial charge in [-0.2, -0.15) is 0 Å². The molecule has 2 aromatic rings. The molecule has 2 aromatic carbocycles. The van der Waals surface area contributed by atoms with Gasteiger partial charge in [0.25, 0.3) is 11.8 Å². The average Bonchev–Trinajstić information content (AvgIpc) is 3.24. The van der Waals surface area contributed by atoms with Crippen LogP contribution in [0.15, 0.2) is 48.5 Å². The third-order valence-corrected chi connectivity index (χ3v) is 8.09. The van der Waals surface area contributed by atoms with Crippen LogP contribution in [-0.2, 0) is 30.9 Å². The zero-order chi connectivity index (χ0) is 33.3. The van der Waals surface area contributed by atoms with Gasteiger partial charge < -0.3 is 19.9 Å². The first-order chi connectivity index (χ1) is 21.2. The summed E-state index contributed by atoms with van der Waals surface area (Å²) in [5.41, 5.74) is 2.52. The van der Waals surface area contributed by atoms with Gasteiger partial charge in [0.15, 0.2) is 0 Å². The number of likely N-dealkylation sites (N-methyl/N-ethyl adjacent to an activating group) is 1. The monoisotopic (exact) mass is 668 g/mol. The van der Waals surface area contributed by atoms with E-state index in [0.29, 0.717) is 11.3 Å². The van der Waals surface area contributed by atoms with Crippen LogP contribution in [0.3, 0.4) is 0 Å². The molecule has 46 heavy (non-hydrogen) atoms. The predicted octanol–water partition coefficient (Wildman–Crippen LogP) is -2.14. The van der Waals surface area contributed by atoms with E-state index in [-0.39, 0.29) is 72.5 Å². The van der Waals surface area contributed by atoms with Crippen molar-refractivity contribution < 1.29 is 76.4 Å². The Kier molecular flexibility index (Phi) is 14.8. The molecule has 16 heteroatoms. The first kappa shape index (κ1) is 38.8. The molecule has 1 unspecified atom stereocenters. The minimum absolute atomic E-state index is 0. The Morgan fingerprint density at radius 3 is 2.02 bits per heavy atom. The van der Waals surface area contributed by atoms with E-state index >= 15 is 0 Å². The van der Waals surface area contributed by atoms with Crippen LogP contribution in [0.1, 0.15) is 53.0 Å². The SMILES string of the molecule is CNC(=O)[C@@H](Cc1ccc(OCCCS(=O)(=O)[O-])cc1)NC(=O)[C@H](CC(C)C)C(CN1C(=O)c2ccccc2C1=O)C(=O)NO.[Na+]. The number of amides is 5. The molecule has 0 radical (unpaired) electrons. The number of benzene rings is 2. The van der Waals surface area contributed by atoms with Gasteiger partial charge in [-0.1, -0.05) is 38.1 Å². The molecule has 0 saturated carbocycles. The van der Waals surface area contributed by atoms with Crippen LogP contribution < -0.4 is 50.4 Å². The second kappa shape index (κ2) is 17.5. The van der Waals surface area contributed by atoms with Crippen LogP contribution in [0.25, 0.3) is 0 Å². The summed E-state index contributed by atoms with van der Waals surface area (Å²) >= 11 is 0. The third-order valence-electron chi connectivity index (χ3n) is 7.30. The van der Waals surface area contributed by atoms with Crippen molar-refractivity contribution in [2.75, 3.05) is 26.0 Å². The van der Waals surface area contributed by atoms with E-state index in [4.69, 9.17) is 4.74 Å². The number of fused-ring (bicyclic) bond motifs is 1. The third kappa shape index (κ3) is 10.6. The maximum Gasteiger partial charge on any atom is 1.00 e. The molecule has 1 heterocycles. The number of hydrogen-bond acceptors (Lipinski definition) is 10. The molecule has 3 atom stereocenters. The van der Waals surface area contributed by atoms with Gasteiger partial charge in [0.1, 0.15) is 11.8 Å². The number of ether oxygens (including phenoxy) is 1. The minimum atomic E-state index is -4.34. The second-order valence-electron chi connectivity index (χ2n) is 11.1. The Bertz CT molecular complexity index is 1480. The molecule has 1 aliphatic heterocycles. The van der Waals surface area contributed by atoms with E-state index in [1.165, 1.54) is 19.2 Å². The first-order valence-electron chi connectivity index (χ1n) is 14.3. The summed E-state index contributed by atoms with van der Waals surface area (Å²) in [6.07, 6.45) is 0.204. The molecule has 5 amide bonds. The number of imide groups is 1. The average molecular weight is 669 g/mol. The quantitative estimate of drug-likeness (QED) is 0.0381. The smallest absolute Gasteiger partial charge is 0.748 e. The molecule has 0 aliphatic carbocycles. The summed E-state index contributed by atoms with van der Waals surface area (Å²) < 4.78 is 37.7. The molecular formula is C30H37N4NaO10S. The first-order valence-corrected chi connectivity index (χ1v) is 15.9. The van der Waals surface area contributed by atoms with Crippen molar-refractivity contribution in [3.05, 3.63) is 65.2 Å². The van der Waals surface area contributed by atoms with E-state index in [9.17, 15) is 42.2 Å². The maximum atomic E-state index is 13.8. The Morgan fingerprint density at radius 2 is 1.52 bits per heavy atom. The summed E-state index contributed by atoms with van der Waals surface area (Å²) in [7, 11) is -2.94. The van der Waals surface area contributed by atoms with Gasteiger partial charge in [-0.15, -0.1) is 0 Å². The normalized spacial score (nSPS) is 14.5. The summed E-state index contributed by atoms with van der Waals surface area (Å²) in [6, 6.07) is 11.6. The zero-order valence-electron chi connectivity index (χ0n) is 26.1. The van der Waals surface area contributed by atoms with E-state index in [2.05, 4.69) is 10.6 Å². The molecule has 3 rings (SSSR count). The number of hydrogen-bond donors (Lipinski definition) is 4. The zero-order valence-corrected chi connectivity index (χ0v) is 29.0. The van der Waals surface area contributed by atoms with Crippen molar-refractivity contribution >= 4 is 39.7 Å². The molecule has 0 bridgehead atoms. The van der Waals surface area contributed by atoms with Crippen LogP contribution in [0.4, 0.5) is 0 Å². The van der Waals surface area contributed by atoms with Crippen LogP contribution >= 0.6 is 0 Å². The summed E-state index contributed by atoms with van der Waals surface area (Å²) in [6.45, 7) is 3.17. The van der Waals surface area contributed by atoms with Crippen molar-refractivity contribution in [3.8, 4) is 5.75 Å². The van der Waals surface area contributed by atoms with Crippen molar-refractivity contribution in [3.63, 3.8) is 0 Å². The summed E-state index contributed by atoms with van der Waals surface area (Å²) in [5, 5.41) is 14.7. The Morgan fingerprint density at radius 1 is 0.935 bits per heavy atom. The molecule has 0 aromatic heterocycles. The van der Waals surface area contributed by atoms with Crippen molar-refractivity contribution in [2.24, 2.45) is 17.8 Å². The predicted molar refractivity (Wildman–Crippen MR) is 159 cm³/mol. The van der Waals surface area contributed by atoms with E-state index in [1.54, 1.807) is 41.9 Å². The van der Waals surface area contributed by atoms with Crippen LogP contribution in [0.5, 0.6) is 5.75 Å². The van der Waals surface area contributed by atoms with Crippen molar-refractivity contribution in [1.29, 1.82) is 0 Å². The molecule has 244 valence electrons. The van der Waals surface area contributed by atoms with Crippen molar-refractivity contribution in [2.45, 2.75) is 39.2 Å². The number of hydroxylamine groups is 1. The topological polar surface area (TPSA) is 211 Å². The van der Waals surface area contributed by atoms with Gasteiger partial charge in [-0.05, 0) is 48.6 Å². The molecular weight excluding hydrogens is 631 g/mol. The number of nitrogens with one attached hydrogen (secondary N) is 3. The Labute approximate surface area is 289 Å². The molecule has 0 fully saturated rings. The van der Waals surface area contributed by atoms with Crippen LogP contribution in [0.2, 0.25) is 0 Å². The van der Waals surface area contributed by atoms with Gasteiger partial charge in [-0.3, -0.25) is 34.1 Å².